The predicted octanol–water partition coefficient (Wildman–Crippen LogP) is 4.30. The third-order valence-electron chi connectivity index (χ3n) is 2.89. The summed E-state index contributed by atoms with van der Waals surface area (Å²) in [5, 5.41) is 0.498. The van der Waals surface area contributed by atoms with E-state index in [-0.39, 0.29) is 5.91 Å². The summed E-state index contributed by atoms with van der Waals surface area (Å²) in [7, 11) is 0. The van der Waals surface area contributed by atoms with Crippen LogP contribution in [0, 0.1) is 0 Å². The lowest BCUT2D eigenvalue weighted by molar-refractivity contribution is 0.0755. The van der Waals surface area contributed by atoms with Crippen molar-refractivity contribution in [2.45, 2.75) is 13.5 Å². The van der Waals surface area contributed by atoms with Crippen LogP contribution in [0.25, 0.3) is 0 Å². The number of anilines is 1. The minimum Gasteiger partial charge on any atom is -0.398 e. The molecule has 106 valence electrons. The second-order valence-corrected chi connectivity index (χ2v) is 6.49. The van der Waals surface area contributed by atoms with E-state index in [9.17, 15) is 4.79 Å². The van der Waals surface area contributed by atoms with Crippen LogP contribution in [0.2, 0.25) is 9.36 Å². The predicted molar refractivity (Wildman–Crippen MR) is 85.6 cm³/mol. The van der Waals surface area contributed by atoms with Gasteiger partial charge in [0.15, 0.2) is 0 Å². The van der Waals surface area contributed by atoms with E-state index < -0.39 is 0 Å². The van der Waals surface area contributed by atoms with Gasteiger partial charge >= 0.3 is 0 Å². The van der Waals surface area contributed by atoms with Crippen LogP contribution in [0.4, 0.5) is 5.69 Å². The van der Waals surface area contributed by atoms with Crippen molar-refractivity contribution < 1.29 is 4.79 Å². The monoisotopic (exact) mass is 328 g/mol. The van der Waals surface area contributed by atoms with Crippen LogP contribution in [0.5, 0.6) is 0 Å². The highest BCUT2D eigenvalue weighted by atomic mass is 35.5. The summed E-state index contributed by atoms with van der Waals surface area (Å²) in [5.74, 6) is -0.128. The van der Waals surface area contributed by atoms with Crippen LogP contribution < -0.4 is 5.73 Å². The fourth-order valence-corrected chi connectivity index (χ4v) is 3.11. The first-order chi connectivity index (χ1) is 9.51. The van der Waals surface area contributed by atoms with Gasteiger partial charge in [0.1, 0.15) is 0 Å². The molecule has 0 aliphatic heterocycles. The molecule has 0 bridgehead atoms. The zero-order valence-corrected chi connectivity index (χ0v) is 13.2. The first-order valence-corrected chi connectivity index (χ1v) is 7.67. The lowest BCUT2D eigenvalue weighted by Gasteiger charge is -2.21. The van der Waals surface area contributed by atoms with E-state index in [0.29, 0.717) is 33.7 Å². The van der Waals surface area contributed by atoms with E-state index in [1.54, 1.807) is 23.1 Å². The molecule has 1 amide bonds. The van der Waals surface area contributed by atoms with Crippen LogP contribution in [0.3, 0.4) is 0 Å². The van der Waals surface area contributed by atoms with Crippen molar-refractivity contribution in [2.75, 3.05) is 12.3 Å². The Balaban J connectivity index is 2.22. The van der Waals surface area contributed by atoms with Crippen molar-refractivity contribution in [3.8, 4) is 0 Å². The lowest BCUT2D eigenvalue weighted by atomic mass is 10.1. The maximum absolute atomic E-state index is 12.5. The van der Waals surface area contributed by atoms with Crippen LogP contribution >= 0.6 is 34.5 Å². The molecule has 0 aliphatic rings. The van der Waals surface area contributed by atoms with E-state index in [2.05, 4.69) is 0 Å². The summed E-state index contributed by atoms with van der Waals surface area (Å²) in [6, 6.07) is 8.66. The number of amides is 1. The second-order valence-electron chi connectivity index (χ2n) is 4.26. The Kier molecular flexibility index (Phi) is 4.91. The van der Waals surface area contributed by atoms with E-state index in [0.717, 1.165) is 4.88 Å². The summed E-state index contributed by atoms with van der Waals surface area (Å²) >= 11 is 13.3. The van der Waals surface area contributed by atoms with Gasteiger partial charge in [-0.2, -0.15) is 0 Å². The molecule has 2 rings (SSSR count). The van der Waals surface area contributed by atoms with Crippen LogP contribution in [-0.4, -0.2) is 17.4 Å². The first kappa shape index (κ1) is 15.2. The molecule has 1 aromatic heterocycles. The molecule has 0 saturated heterocycles. The molecule has 20 heavy (non-hydrogen) atoms. The topological polar surface area (TPSA) is 46.3 Å². The number of hydrogen-bond acceptors (Lipinski definition) is 3. The first-order valence-electron chi connectivity index (χ1n) is 6.09. The van der Waals surface area contributed by atoms with Gasteiger partial charge in [0.2, 0.25) is 0 Å². The standard InChI is InChI=1S/C14H14Cl2N2OS/c1-2-18(8-10-4-6-13(16)20-10)14(19)11-7-9(15)3-5-12(11)17/h3-7H,2,8,17H2,1H3. The summed E-state index contributed by atoms with van der Waals surface area (Å²) in [4.78, 5) is 15.3. The van der Waals surface area contributed by atoms with Gasteiger partial charge in [0, 0.05) is 22.1 Å². The van der Waals surface area contributed by atoms with Crippen molar-refractivity contribution >= 4 is 46.1 Å². The Morgan fingerprint density at radius 2 is 2.05 bits per heavy atom. The lowest BCUT2D eigenvalue weighted by Crippen LogP contribution is -2.30. The van der Waals surface area contributed by atoms with E-state index in [1.807, 2.05) is 19.1 Å². The van der Waals surface area contributed by atoms with E-state index in [4.69, 9.17) is 28.9 Å². The highest BCUT2D eigenvalue weighted by Gasteiger charge is 2.18. The van der Waals surface area contributed by atoms with Gasteiger partial charge in [-0.15, -0.1) is 11.3 Å². The number of halogens is 2. The minimum atomic E-state index is -0.128. The Morgan fingerprint density at radius 1 is 1.30 bits per heavy atom. The Hall–Kier alpha value is -1.23. The van der Waals surface area contributed by atoms with Crippen molar-refractivity contribution in [3.63, 3.8) is 0 Å². The van der Waals surface area contributed by atoms with Crippen molar-refractivity contribution in [1.29, 1.82) is 0 Å². The Bertz CT molecular complexity index is 627. The maximum atomic E-state index is 12.5. The number of carbonyl (C=O) groups is 1. The highest BCUT2D eigenvalue weighted by Crippen LogP contribution is 2.25. The molecule has 0 unspecified atom stereocenters. The Labute approximate surface area is 131 Å². The van der Waals surface area contributed by atoms with Gasteiger partial charge in [-0.1, -0.05) is 23.2 Å². The molecule has 0 aliphatic carbocycles. The number of thiophene rings is 1. The molecule has 1 heterocycles. The second kappa shape index (κ2) is 6.48. The van der Waals surface area contributed by atoms with Crippen LogP contribution in [0.15, 0.2) is 30.3 Å². The maximum Gasteiger partial charge on any atom is 0.256 e. The number of hydrogen-bond donors (Lipinski definition) is 1. The van der Waals surface area contributed by atoms with Gasteiger partial charge < -0.3 is 10.6 Å². The molecule has 0 radical (unpaired) electrons. The summed E-state index contributed by atoms with van der Waals surface area (Å²) in [6.07, 6.45) is 0. The van der Waals surface area contributed by atoms with Crippen LogP contribution in [-0.2, 0) is 6.54 Å². The SMILES string of the molecule is CCN(Cc1ccc(Cl)s1)C(=O)c1cc(Cl)ccc1N. The third kappa shape index (κ3) is 3.45. The van der Waals surface area contributed by atoms with Crippen LogP contribution in [0.1, 0.15) is 22.2 Å². The number of rotatable bonds is 4. The molecule has 3 nitrogen and oxygen atoms in total. The van der Waals surface area contributed by atoms with Gasteiger partial charge in [0.05, 0.1) is 16.4 Å². The molecule has 2 N–H and O–H groups in total. The zero-order valence-electron chi connectivity index (χ0n) is 10.9. The summed E-state index contributed by atoms with van der Waals surface area (Å²) in [6.45, 7) is 3.02. The van der Waals surface area contributed by atoms with Gasteiger partial charge in [0.25, 0.3) is 5.91 Å². The molecule has 0 saturated carbocycles. The normalized spacial score (nSPS) is 10.6. The van der Waals surface area contributed by atoms with Gasteiger partial charge in [-0.25, -0.2) is 0 Å². The number of nitrogens with zero attached hydrogens (tertiary/aromatic N) is 1. The Morgan fingerprint density at radius 3 is 2.65 bits per heavy atom. The average Bonchev–Trinajstić information content (AvgIpc) is 2.83. The third-order valence-corrected chi connectivity index (χ3v) is 4.34. The summed E-state index contributed by atoms with van der Waals surface area (Å²) in [5.41, 5.74) is 6.72. The smallest absolute Gasteiger partial charge is 0.256 e. The van der Waals surface area contributed by atoms with E-state index in [1.165, 1.54) is 11.3 Å². The van der Waals surface area contributed by atoms with Crippen molar-refractivity contribution in [1.82, 2.24) is 4.90 Å². The number of benzene rings is 1. The van der Waals surface area contributed by atoms with Crippen molar-refractivity contribution in [2.24, 2.45) is 0 Å². The molecule has 0 fully saturated rings. The minimum absolute atomic E-state index is 0.128. The molecular weight excluding hydrogens is 315 g/mol. The molecule has 6 heteroatoms. The molecule has 2 aromatic rings. The molecular formula is C14H14Cl2N2OS. The van der Waals surface area contributed by atoms with Gasteiger partial charge in [-0.3, -0.25) is 4.79 Å². The number of nitrogen functional groups attached to an aromatic ring is 1. The largest absolute Gasteiger partial charge is 0.398 e. The quantitative estimate of drug-likeness (QED) is 0.850. The average molecular weight is 329 g/mol. The fourth-order valence-electron chi connectivity index (χ4n) is 1.84. The molecule has 0 atom stereocenters. The summed E-state index contributed by atoms with van der Waals surface area (Å²) < 4.78 is 0.714. The van der Waals surface area contributed by atoms with Gasteiger partial charge in [-0.05, 0) is 37.3 Å². The molecule has 0 spiro atoms. The number of nitrogens with two attached hydrogens (primary N) is 1. The van der Waals surface area contributed by atoms with E-state index >= 15 is 0 Å². The zero-order chi connectivity index (χ0) is 14.7. The number of carbonyl (C=O) groups excluding carboxylic acids is 1. The molecule has 1 aromatic carbocycles. The van der Waals surface area contributed by atoms with Crippen molar-refractivity contribution in [3.05, 3.63) is 50.1 Å². The highest BCUT2D eigenvalue weighted by molar-refractivity contribution is 7.16. The fraction of sp³-hybridized carbons (Fsp3) is 0.214.